The zero-order valence-corrected chi connectivity index (χ0v) is 18.5. The van der Waals surface area contributed by atoms with Gasteiger partial charge in [0.2, 0.25) is 17.9 Å². The molecule has 0 unspecified atom stereocenters. The molecule has 9 heteroatoms. The number of nitrogen functional groups attached to an aromatic ring is 1. The maximum atomic E-state index is 12.3. The molecule has 0 saturated carbocycles. The summed E-state index contributed by atoms with van der Waals surface area (Å²) in [6, 6.07) is 13.7. The Morgan fingerprint density at radius 1 is 1.13 bits per heavy atom. The first-order chi connectivity index (χ1) is 14.8. The number of rotatable bonds is 6. The van der Waals surface area contributed by atoms with Crippen molar-refractivity contribution in [3.05, 3.63) is 53.6 Å². The monoisotopic (exact) mass is 439 g/mol. The normalized spacial score (nSPS) is 12.7. The standard InChI is InChI=1S/C22H25N5O3S/c1-22(2,3)16-7-5-15(6-8-16)20-25-26-21(27(20)23)31-12-19(28)24-11-14-4-9-17-18(10-14)30-13-29-17/h4-10H,11-13,23H2,1-3H3,(H,24,28). The number of carbonyl (C=O) groups is 1. The zero-order chi connectivity index (χ0) is 22.0. The lowest BCUT2D eigenvalue weighted by Crippen LogP contribution is -2.25. The highest BCUT2D eigenvalue weighted by Crippen LogP contribution is 2.32. The van der Waals surface area contributed by atoms with E-state index < -0.39 is 0 Å². The summed E-state index contributed by atoms with van der Waals surface area (Å²) >= 11 is 1.24. The highest BCUT2D eigenvalue weighted by atomic mass is 32.2. The number of thioether (sulfide) groups is 1. The molecule has 0 bridgehead atoms. The number of ether oxygens (including phenoxy) is 2. The number of nitrogens with one attached hydrogen (secondary N) is 1. The van der Waals surface area contributed by atoms with Crippen LogP contribution in [0, 0.1) is 0 Å². The Labute approximate surface area is 185 Å². The summed E-state index contributed by atoms with van der Waals surface area (Å²) < 4.78 is 12.1. The number of nitrogens with zero attached hydrogens (tertiary/aromatic N) is 3. The summed E-state index contributed by atoms with van der Waals surface area (Å²) in [7, 11) is 0. The Morgan fingerprint density at radius 2 is 1.87 bits per heavy atom. The molecule has 4 rings (SSSR count). The fraction of sp³-hybridized carbons (Fsp3) is 0.318. The van der Waals surface area contributed by atoms with Gasteiger partial charge in [0.1, 0.15) is 0 Å². The van der Waals surface area contributed by atoms with Gasteiger partial charge in [-0.3, -0.25) is 4.79 Å². The number of benzene rings is 2. The summed E-state index contributed by atoms with van der Waals surface area (Å²) in [5, 5.41) is 11.7. The zero-order valence-electron chi connectivity index (χ0n) is 17.7. The molecule has 1 aliphatic heterocycles. The van der Waals surface area contributed by atoms with Crippen LogP contribution in [0.1, 0.15) is 31.9 Å². The number of aromatic nitrogens is 3. The van der Waals surface area contributed by atoms with Gasteiger partial charge in [-0.15, -0.1) is 10.2 Å². The number of nitrogens with two attached hydrogens (primary N) is 1. The SMILES string of the molecule is CC(C)(C)c1ccc(-c2nnc(SCC(=O)NCc3ccc4c(c3)OCO4)n2N)cc1. The Kier molecular flexibility index (Phi) is 5.77. The molecule has 0 spiro atoms. The van der Waals surface area contributed by atoms with Crippen LogP contribution in [0.2, 0.25) is 0 Å². The van der Waals surface area contributed by atoms with E-state index in [1.54, 1.807) is 0 Å². The van der Waals surface area contributed by atoms with Crippen molar-refractivity contribution in [2.24, 2.45) is 0 Å². The molecule has 1 aliphatic rings. The number of fused-ring (bicyclic) bond motifs is 1. The lowest BCUT2D eigenvalue weighted by atomic mass is 9.87. The highest BCUT2D eigenvalue weighted by molar-refractivity contribution is 7.99. The van der Waals surface area contributed by atoms with Crippen LogP contribution in [0.25, 0.3) is 11.4 Å². The van der Waals surface area contributed by atoms with E-state index in [0.717, 1.165) is 16.9 Å². The third-order valence-corrected chi connectivity index (χ3v) is 5.88. The maximum absolute atomic E-state index is 12.3. The Hall–Kier alpha value is -3.20. The van der Waals surface area contributed by atoms with E-state index in [0.29, 0.717) is 23.3 Å². The van der Waals surface area contributed by atoms with E-state index >= 15 is 0 Å². The predicted octanol–water partition coefficient (Wildman–Crippen LogP) is 3.09. The van der Waals surface area contributed by atoms with E-state index in [-0.39, 0.29) is 23.9 Å². The lowest BCUT2D eigenvalue weighted by Gasteiger charge is -2.19. The molecular weight excluding hydrogens is 414 g/mol. The van der Waals surface area contributed by atoms with Crippen LogP contribution < -0.4 is 20.6 Å². The average molecular weight is 440 g/mol. The van der Waals surface area contributed by atoms with Gasteiger partial charge in [0.15, 0.2) is 17.3 Å². The van der Waals surface area contributed by atoms with E-state index in [2.05, 4.69) is 48.4 Å². The van der Waals surface area contributed by atoms with Crippen LogP contribution in [0.4, 0.5) is 0 Å². The van der Waals surface area contributed by atoms with Crippen molar-refractivity contribution in [3.63, 3.8) is 0 Å². The Balaban J connectivity index is 1.33. The van der Waals surface area contributed by atoms with E-state index in [1.165, 1.54) is 22.0 Å². The smallest absolute Gasteiger partial charge is 0.231 e. The molecule has 0 radical (unpaired) electrons. The van der Waals surface area contributed by atoms with Gasteiger partial charge in [-0.25, -0.2) is 4.68 Å². The van der Waals surface area contributed by atoms with Gasteiger partial charge in [-0.1, -0.05) is 62.9 Å². The molecule has 3 aromatic rings. The lowest BCUT2D eigenvalue weighted by molar-refractivity contribution is -0.118. The average Bonchev–Trinajstić information content (AvgIpc) is 3.36. The minimum atomic E-state index is -0.123. The third kappa shape index (κ3) is 4.77. The molecule has 0 atom stereocenters. The van der Waals surface area contributed by atoms with Crippen LogP contribution in [0.3, 0.4) is 0 Å². The van der Waals surface area contributed by atoms with Gasteiger partial charge in [0.25, 0.3) is 0 Å². The van der Waals surface area contributed by atoms with Gasteiger partial charge in [0.05, 0.1) is 5.75 Å². The molecule has 0 aliphatic carbocycles. The molecule has 3 N–H and O–H groups in total. The van der Waals surface area contributed by atoms with Crippen LogP contribution in [0.15, 0.2) is 47.6 Å². The quantitative estimate of drug-likeness (QED) is 0.449. The number of hydrogen-bond acceptors (Lipinski definition) is 7. The molecule has 2 heterocycles. The molecule has 0 saturated heterocycles. The highest BCUT2D eigenvalue weighted by Gasteiger charge is 2.17. The first-order valence-corrected chi connectivity index (χ1v) is 10.9. The van der Waals surface area contributed by atoms with Crippen molar-refractivity contribution in [1.29, 1.82) is 0 Å². The van der Waals surface area contributed by atoms with Gasteiger partial charge in [-0.05, 0) is 28.7 Å². The largest absolute Gasteiger partial charge is 0.454 e. The molecule has 8 nitrogen and oxygen atoms in total. The molecule has 162 valence electrons. The first kappa shape index (κ1) is 21.0. The second-order valence-electron chi connectivity index (χ2n) is 8.26. The number of amides is 1. The minimum absolute atomic E-state index is 0.0733. The Bertz CT molecular complexity index is 1090. The van der Waals surface area contributed by atoms with E-state index in [9.17, 15) is 4.79 Å². The van der Waals surface area contributed by atoms with Crippen molar-refractivity contribution >= 4 is 17.7 Å². The van der Waals surface area contributed by atoms with Crippen LogP contribution >= 0.6 is 11.8 Å². The van der Waals surface area contributed by atoms with Crippen molar-refractivity contribution in [2.45, 2.75) is 37.9 Å². The van der Waals surface area contributed by atoms with Gasteiger partial charge in [0, 0.05) is 12.1 Å². The summed E-state index contributed by atoms with van der Waals surface area (Å²) in [4.78, 5) is 12.3. The Morgan fingerprint density at radius 3 is 2.61 bits per heavy atom. The summed E-state index contributed by atoms with van der Waals surface area (Å²) in [5.74, 6) is 8.21. The van der Waals surface area contributed by atoms with E-state index in [4.69, 9.17) is 15.3 Å². The van der Waals surface area contributed by atoms with Crippen LogP contribution in [-0.4, -0.2) is 33.3 Å². The summed E-state index contributed by atoms with van der Waals surface area (Å²) in [6.07, 6.45) is 0. The first-order valence-electron chi connectivity index (χ1n) is 9.91. The number of carbonyl (C=O) groups excluding carboxylic acids is 1. The minimum Gasteiger partial charge on any atom is -0.454 e. The molecular formula is C22H25N5O3S. The maximum Gasteiger partial charge on any atom is 0.231 e. The van der Waals surface area contributed by atoms with Gasteiger partial charge < -0.3 is 20.6 Å². The van der Waals surface area contributed by atoms with Crippen molar-refractivity contribution in [2.75, 3.05) is 18.4 Å². The second kappa shape index (κ2) is 8.50. The predicted molar refractivity (Wildman–Crippen MR) is 119 cm³/mol. The molecule has 31 heavy (non-hydrogen) atoms. The van der Waals surface area contributed by atoms with Gasteiger partial charge >= 0.3 is 0 Å². The van der Waals surface area contributed by atoms with Crippen LogP contribution in [0.5, 0.6) is 11.5 Å². The number of hydrogen-bond donors (Lipinski definition) is 2. The second-order valence-corrected chi connectivity index (χ2v) is 9.20. The van der Waals surface area contributed by atoms with Crippen molar-refractivity contribution in [3.8, 4) is 22.9 Å². The molecule has 2 aromatic carbocycles. The third-order valence-electron chi connectivity index (χ3n) is 4.93. The topological polar surface area (TPSA) is 104 Å². The van der Waals surface area contributed by atoms with Crippen LogP contribution in [-0.2, 0) is 16.8 Å². The molecule has 1 aromatic heterocycles. The molecule has 1 amide bonds. The van der Waals surface area contributed by atoms with Gasteiger partial charge in [-0.2, -0.15) is 0 Å². The summed E-state index contributed by atoms with van der Waals surface area (Å²) in [6.45, 7) is 7.13. The fourth-order valence-electron chi connectivity index (χ4n) is 3.12. The molecule has 0 fully saturated rings. The van der Waals surface area contributed by atoms with Crippen molar-refractivity contribution < 1.29 is 14.3 Å². The van der Waals surface area contributed by atoms with E-state index in [1.807, 2.05) is 30.3 Å². The fourth-order valence-corrected chi connectivity index (χ4v) is 3.81. The summed E-state index contributed by atoms with van der Waals surface area (Å²) in [5.41, 5.74) is 3.12. The van der Waals surface area contributed by atoms with Crippen molar-refractivity contribution in [1.82, 2.24) is 20.2 Å².